The second kappa shape index (κ2) is 11.3. The first-order valence-corrected chi connectivity index (χ1v) is 11.1. The number of aryl methyl sites for hydroxylation is 1. The van der Waals surface area contributed by atoms with Gasteiger partial charge in [0.05, 0.1) is 30.5 Å². The number of esters is 1. The number of carbonyl (C=O) groups is 3. The van der Waals surface area contributed by atoms with Gasteiger partial charge in [0.25, 0.3) is 5.91 Å². The predicted molar refractivity (Wildman–Crippen MR) is 123 cm³/mol. The third kappa shape index (κ3) is 5.81. The van der Waals surface area contributed by atoms with Gasteiger partial charge in [0.15, 0.2) is 11.0 Å². The Bertz CT molecular complexity index is 1100. The van der Waals surface area contributed by atoms with Gasteiger partial charge in [-0.2, -0.15) is 0 Å². The summed E-state index contributed by atoms with van der Waals surface area (Å²) in [5, 5.41) is 3.15. The summed E-state index contributed by atoms with van der Waals surface area (Å²) in [5.41, 5.74) is 0.923. The fraction of sp³-hybridized carbons (Fsp3) is 0.391. The van der Waals surface area contributed by atoms with Crippen LogP contribution in [-0.4, -0.2) is 72.1 Å². The van der Waals surface area contributed by atoms with Crippen molar-refractivity contribution >= 4 is 35.5 Å². The van der Waals surface area contributed by atoms with Crippen LogP contribution >= 0.6 is 11.6 Å². The number of piperidine rings is 1. The molecule has 2 amide bonds. The predicted octanol–water partition coefficient (Wildman–Crippen LogP) is 2.61. The van der Waals surface area contributed by atoms with Gasteiger partial charge in [-0.05, 0) is 31.1 Å². The Kier molecular flexibility index (Phi) is 8.41. The van der Waals surface area contributed by atoms with Crippen molar-refractivity contribution in [2.24, 2.45) is 0 Å². The van der Waals surface area contributed by atoms with E-state index < -0.39 is 23.8 Å². The molecule has 1 aliphatic rings. The lowest BCUT2D eigenvalue weighted by molar-refractivity contribution is -0.130. The van der Waals surface area contributed by atoms with Crippen molar-refractivity contribution in [3.05, 3.63) is 57.9 Å². The molecule has 0 aliphatic carbocycles. The number of hydrogen-bond donors (Lipinski definition) is 2. The minimum absolute atomic E-state index is 0.0817. The largest absolute Gasteiger partial charge is 0.465 e. The molecule has 1 aromatic carbocycles. The SMILES string of the molecule is CCc1[nH]c(C(=O)NC2CCN(C(=O)/C=C/c3ccc(C(=O)OC)cc3F)CC2OC)nc1Cl. The quantitative estimate of drug-likeness (QED) is 0.453. The number of aromatic amines is 1. The number of halogens is 2. The number of aromatic nitrogens is 2. The van der Waals surface area contributed by atoms with Gasteiger partial charge in [-0.25, -0.2) is 14.2 Å². The van der Waals surface area contributed by atoms with E-state index in [1.54, 1.807) is 4.90 Å². The highest BCUT2D eigenvalue weighted by atomic mass is 35.5. The van der Waals surface area contributed by atoms with Gasteiger partial charge in [0.2, 0.25) is 5.91 Å². The van der Waals surface area contributed by atoms with Crippen LogP contribution in [-0.2, 0) is 20.7 Å². The summed E-state index contributed by atoms with van der Waals surface area (Å²) in [6, 6.07) is 3.54. The molecule has 0 bridgehead atoms. The number of likely N-dealkylation sites (tertiary alicyclic amines) is 1. The summed E-state index contributed by atoms with van der Waals surface area (Å²) in [5.74, 6) is -1.90. The summed E-state index contributed by atoms with van der Waals surface area (Å²) >= 11 is 6.01. The van der Waals surface area contributed by atoms with Gasteiger partial charge in [0.1, 0.15) is 5.82 Å². The third-order valence-electron chi connectivity index (χ3n) is 5.61. The Morgan fingerprint density at radius 3 is 2.74 bits per heavy atom. The molecule has 11 heteroatoms. The molecule has 2 heterocycles. The van der Waals surface area contributed by atoms with Crippen molar-refractivity contribution in [3.8, 4) is 0 Å². The Morgan fingerprint density at radius 1 is 1.35 bits per heavy atom. The molecule has 1 saturated heterocycles. The van der Waals surface area contributed by atoms with E-state index in [4.69, 9.17) is 16.3 Å². The molecule has 1 aromatic heterocycles. The van der Waals surface area contributed by atoms with Gasteiger partial charge in [-0.3, -0.25) is 9.59 Å². The average molecular weight is 493 g/mol. The van der Waals surface area contributed by atoms with E-state index in [0.717, 1.165) is 6.07 Å². The number of imidazole rings is 1. The van der Waals surface area contributed by atoms with Gasteiger partial charge < -0.3 is 24.7 Å². The summed E-state index contributed by atoms with van der Waals surface area (Å²) < 4.78 is 24.3. The number of H-pyrrole nitrogens is 1. The first kappa shape index (κ1) is 25.4. The van der Waals surface area contributed by atoms with Crippen LogP contribution in [0.25, 0.3) is 6.08 Å². The number of nitrogens with one attached hydrogen (secondary N) is 2. The highest BCUT2D eigenvalue weighted by molar-refractivity contribution is 6.30. The van der Waals surface area contributed by atoms with Gasteiger partial charge in [-0.15, -0.1) is 0 Å². The first-order chi connectivity index (χ1) is 16.3. The van der Waals surface area contributed by atoms with E-state index in [-0.39, 0.29) is 40.6 Å². The minimum atomic E-state index is -0.646. The van der Waals surface area contributed by atoms with E-state index in [1.807, 2.05) is 6.92 Å². The number of methoxy groups -OCH3 is 2. The minimum Gasteiger partial charge on any atom is -0.465 e. The van der Waals surface area contributed by atoms with Crippen LogP contribution in [0, 0.1) is 5.82 Å². The molecule has 0 saturated carbocycles. The van der Waals surface area contributed by atoms with Crippen molar-refractivity contribution in [2.45, 2.75) is 31.9 Å². The van der Waals surface area contributed by atoms with Crippen LogP contribution in [0.1, 0.15) is 45.6 Å². The molecule has 182 valence electrons. The van der Waals surface area contributed by atoms with Crippen LogP contribution in [0.5, 0.6) is 0 Å². The topological polar surface area (TPSA) is 114 Å². The smallest absolute Gasteiger partial charge is 0.337 e. The van der Waals surface area contributed by atoms with Gasteiger partial charge in [0, 0.05) is 31.8 Å². The molecule has 2 aromatic rings. The molecule has 2 unspecified atom stereocenters. The maximum atomic E-state index is 14.3. The molecule has 2 N–H and O–H groups in total. The molecule has 9 nitrogen and oxygen atoms in total. The number of ether oxygens (including phenoxy) is 2. The number of hydrogen-bond acceptors (Lipinski definition) is 6. The maximum absolute atomic E-state index is 14.3. The monoisotopic (exact) mass is 492 g/mol. The van der Waals surface area contributed by atoms with Crippen molar-refractivity contribution in [2.75, 3.05) is 27.3 Å². The number of nitrogens with zero attached hydrogens (tertiary/aromatic N) is 2. The zero-order valence-corrected chi connectivity index (χ0v) is 19.8. The lowest BCUT2D eigenvalue weighted by Crippen LogP contribution is -2.55. The molecular formula is C23H26ClFN4O5. The number of rotatable bonds is 7. The van der Waals surface area contributed by atoms with Crippen molar-refractivity contribution in [1.82, 2.24) is 20.2 Å². The van der Waals surface area contributed by atoms with E-state index in [9.17, 15) is 18.8 Å². The van der Waals surface area contributed by atoms with Crippen LogP contribution in [0.2, 0.25) is 5.15 Å². The van der Waals surface area contributed by atoms with Crippen LogP contribution < -0.4 is 5.32 Å². The van der Waals surface area contributed by atoms with E-state index in [2.05, 4.69) is 20.0 Å². The van der Waals surface area contributed by atoms with Gasteiger partial charge in [-0.1, -0.05) is 24.6 Å². The summed E-state index contributed by atoms with van der Waals surface area (Å²) in [7, 11) is 2.72. The summed E-state index contributed by atoms with van der Waals surface area (Å²) in [6.07, 6.45) is 3.25. The highest BCUT2D eigenvalue weighted by Gasteiger charge is 2.32. The first-order valence-electron chi connectivity index (χ1n) is 10.7. The molecule has 2 atom stereocenters. The number of carbonyl (C=O) groups excluding carboxylic acids is 3. The van der Waals surface area contributed by atoms with Gasteiger partial charge >= 0.3 is 5.97 Å². The Labute approximate surface area is 201 Å². The molecule has 1 aliphatic heterocycles. The third-order valence-corrected chi connectivity index (χ3v) is 5.93. The second-order valence-corrected chi connectivity index (χ2v) is 8.05. The summed E-state index contributed by atoms with van der Waals surface area (Å²) in [4.78, 5) is 45.2. The molecule has 0 radical (unpaired) electrons. The maximum Gasteiger partial charge on any atom is 0.337 e. The van der Waals surface area contributed by atoms with E-state index >= 15 is 0 Å². The standard InChI is InChI=1S/C23H26ClFN4O5/c1-4-16-20(24)28-21(26-16)22(31)27-17-9-10-29(12-18(17)33-2)19(30)8-7-13-5-6-14(11-15(13)25)23(32)34-3/h5-8,11,17-18H,4,9-10,12H2,1-3H3,(H,26,28)(H,27,31)/b8-7+. The number of amides is 2. The van der Waals surface area contributed by atoms with Crippen molar-refractivity contribution < 1.29 is 28.2 Å². The molecule has 34 heavy (non-hydrogen) atoms. The number of benzene rings is 1. The Hall–Kier alpha value is -3.24. The van der Waals surface area contributed by atoms with Crippen LogP contribution in [0.15, 0.2) is 24.3 Å². The second-order valence-electron chi connectivity index (χ2n) is 7.70. The Morgan fingerprint density at radius 2 is 2.12 bits per heavy atom. The summed E-state index contributed by atoms with van der Waals surface area (Å²) in [6.45, 7) is 2.51. The lowest BCUT2D eigenvalue weighted by atomic mass is 10.0. The lowest BCUT2D eigenvalue weighted by Gasteiger charge is -2.37. The highest BCUT2D eigenvalue weighted by Crippen LogP contribution is 2.18. The normalized spacial score (nSPS) is 18.2. The van der Waals surface area contributed by atoms with Crippen LogP contribution in [0.4, 0.5) is 4.39 Å². The zero-order valence-electron chi connectivity index (χ0n) is 19.1. The molecular weight excluding hydrogens is 467 g/mol. The Balaban J connectivity index is 1.61. The van der Waals surface area contributed by atoms with Crippen molar-refractivity contribution in [1.29, 1.82) is 0 Å². The fourth-order valence-electron chi connectivity index (χ4n) is 3.66. The average Bonchev–Trinajstić information content (AvgIpc) is 3.23. The molecule has 3 rings (SSSR count). The zero-order chi connectivity index (χ0) is 24.8. The van der Waals surface area contributed by atoms with E-state index in [1.165, 1.54) is 38.5 Å². The fourth-order valence-corrected chi connectivity index (χ4v) is 3.93. The van der Waals surface area contributed by atoms with Crippen LogP contribution in [0.3, 0.4) is 0 Å². The van der Waals surface area contributed by atoms with Crippen molar-refractivity contribution in [3.63, 3.8) is 0 Å². The molecule has 0 spiro atoms. The molecule has 1 fully saturated rings. The van der Waals surface area contributed by atoms with E-state index in [0.29, 0.717) is 25.1 Å².